The molecule has 0 aliphatic heterocycles. The Morgan fingerprint density at radius 3 is 2.57 bits per heavy atom. The minimum atomic E-state index is -1.11. The molecule has 1 rings (SSSR count). The van der Waals surface area contributed by atoms with Crippen LogP contribution in [0.3, 0.4) is 0 Å². The van der Waals surface area contributed by atoms with Crippen LogP contribution >= 0.6 is 0 Å². The first-order valence-corrected chi connectivity index (χ1v) is 7.55. The molecule has 0 heterocycles. The molecular formula is C16H26N2O3. The van der Waals surface area contributed by atoms with Gasteiger partial charge in [-0.15, -0.1) is 0 Å². The number of rotatable bonds is 10. The SMILES string of the molecule is CCCCCNC[C@@H](O)[C@H](Cc1ccccc1)NC(=O)O. The summed E-state index contributed by atoms with van der Waals surface area (Å²) in [5.41, 5.74) is 1.00. The number of hydrogen-bond acceptors (Lipinski definition) is 3. The predicted octanol–water partition coefficient (Wildman–Crippen LogP) is 2.01. The van der Waals surface area contributed by atoms with Gasteiger partial charge in [0.1, 0.15) is 0 Å². The van der Waals surface area contributed by atoms with Crippen LogP contribution in [0.5, 0.6) is 0 Å². The predicted molar refractivity (Wildman–Crippen MR) is 83.5 cm³/mol. The van der Waals surface area contributed by atoms with E-state index < -0.39 is 18.2 Å². The standard InChI is InChI=1S/C16H26N2O3/c1-2-3-7-10-17-12-15(19)14(18-16(20)21)11-13-8-5-4-6-9-13/h4-6,8-9,14-15,17-19H,2-3,7,10-12H2,1H3,(H,20,21)/t14-,15+/m0/s1. The van der Waals surface area contributed by atoms with Crippen LogP contribution in [0, 0.1) is 0 Å². The lowest BCUT2D eigenvalue weighted by molar-refractivity contribution is 0.118. The first-order chi connectivity index (χ1) is 10.1. The Morgan fingerprint density at radius 2 is 1.95 bits per heavy atom. The lowest BCUT2D eigenvalue weighted by atomic mass is 10.0. The average molecular weight is 294 g/mol. The second-order valence-electron chi connectivity index (χ2n) is 5.22. The summed E-state index contributed by atoms with van der Waals surface area (Å²) in [6.45, 7) is 3.37. The molecule has 0 aliphatic carbocycles. The maximum absolute atomic E-state index is 10.9. The van der Waals surface area contributed by atoms with Gasteiger partial charge in [0.05, 0.1) is 12.1 Å². The molecule has 0 spiro atoms. The summed E-state index contributed by atoms with van der Waals surface area (Å²) >= 11 is 0. The maximum atomic E-state index is 10.9. The zero-order valence-corrected chi connectivity index (χ0v) is 12.6. The third kappa shape index (κ3) is 7.68. The van der Waals surface area contributed by atoms with E-state index in [1.54, 1.807) is 0 Å². The van der Waals surface area contributed by atoms with Crippen LogP contribution < -0.4 is 10.6 Å². The van der Waals surface area contributed by atoms with Crippen molar-refractivity contribution in [3.8, 4) is 0 Å². The Kier molecular flexibility index (Phi) is 8.47. The number of hydrogen-bond donors (Lipinski definition) is 4. The zero-order chi connectivity index (χ0) is 15.5. The molecule has 5 nitrogen and oxygen atoms in total. The minimum Gasteiger partial charge on any atom is -0.465 e. The van der Waals surface area contributed by atoms with Crippen molar-refractivity contribution in [2.45, 2.75) is 44.8 Å². The van der Waals surface area contributed by atoms with E-state index in [0.29, 0.717) is 13.0 Å². The second-order valence-corrected chi connectivity index (χ2v) is 5.22. The first kappa shape index (κ1) is 17.5. The molecule has 4 N–H and O–H groups in total. The van der Waals surface area contributed by atoms with Gasteiger partial charge >= 0.3 is 6.09 Å². The Bertz CT molecular complexity index is 398. The summed E-state index contributed by atoms with van der Waals surface area (Å²) in [6.07, 6.45) is 2.00. The maximum Gasteiger partial charge on any atom is 0.404 e. The van der Waals surface area contributed by atoms with Crippen molar-refractivity contribution in [1.82, 2.24) is 10.6 Å². The molecule has 1 aromatic carbocycles. The molecule has 0 saturated carbocycles. The van der Waals surface area contributed by atoms with E-state index in [-0.39, 0.29) is 0 Å². The number of benzene rings is 1. The number of aliphatic hydroxyl groups is 1. The number of aliphatic hydroxyl groups excluding tert-OH is 1. The molecule has 1 amide bonds. The van der Waals surface area contributed by atoms with Gasteiger partial charge in [0.25, 0.3) is 0 Å². The molecule has 0 radical (unpaired) electrons. The number of unbranched alkanes of at least 4 members (excludes halogenated alkanes) is 2. The number of nitrogens with one attached hydrogen (secondary N) is 2. The molecule has 0 bridgehead atoms. The average Bonchev–Trinajstić information content (AvgIpc) is 2.47. The van der Waals surface area contributed by atoms with E-state index in [0.717, 1.165) is 31.4 Å². The largest absolute Gasteiger partial charge is 0.465 e. The fourth-order valence-electron chi connectivity index (χ4n) is 2.20. The van der Waals surface area contributed by atoms with Crippen molar-refractivity contribution >= 4 is 6.09 Å². The Hall–Kier alpha value is -1.59. The van der Waals surface area contributed by atoms with Gasteiger partial charge in [-0.3, -0.25) is 0 Å². The van der Waals surface area contributed by atoms with Crippen LogP contribution in [-0.4, -0.2) is 41.5 Å². The normalized spacial score (nSPS) is 13.6. The van der Waals surface area contributed by atoms with Gasteiger partial charge in [-0.1, -0.05) is 50.1 Å². The molecule has 0 unspecified atom stereocenters. The van der Waals surface area contributed by atoms with E-state index >= 15 is 0 Å². The Labute approximate surface area is 126 Å². The first-order valence-electron chi connectivity index (χ1n) is 7.55. The van der Waals surface area contributed by atoms with Crippen molar-refractivity contribution in [3.05, 3.63) is 35.9 Å². The molecule has 0 aliphatic rings. The topological polar surface area (TPSA) is 81.6 Å². The highest BCUT2D eigenvalue weighted by atomic mass is 16.4. The lowest BCUT2D eigenvalue weighted by Gasteiger charge is -2.23. The van der Waals surface area contributed by atoms with Gasteiger partial charge in [-0.25, -0.2) is 4.79 Å². The zero-order valence-electron chi connectivity index (χ0n) is 12.6. The van der Waals surface area contributed by atoms with Gasteiger partial charge in [0.15, 0.2) is 0 Å². The molecule has 0 aromatic heterocycles. The third-order valence-corrected chi connectivity index (χ3v) is 3.38. The fourth-order valence-corrected chi connectivity index (χ4v) is 2.20. The summed E-state index contributed by atoms with van der Waals surface area (Å²) in [4.78, 5) is 10.9. The van der Waals surface area contributed by atoms with Crippen LogP contribution in [0.1, 0.15) is 31.7 Å². The van der Waals surface area contributed by atoms with Crippen molar-refractivity contribution in [1.29, 1.82) is 0 Å². The van der Waals surface area contributed by atoms with Gasteiger partial charge in [-0.2, -0.15) is 0 Å². The summed E-state index contributed by atoms with van der Waals surface area (Å²) in [6, 6.07) is 9.07. The van der Waals surface area contributed by atoms with E-state index in [9.17, 15) is 9.90 Å². The molecule has 118 valence electrons. The van der Waals surface area contributed by atoms with Gasteiger partial charge in [0, 0.05) is 6.54 Å². The highest BCUT2D eigenvalue weighted by Gasteiger charge is 2.21. The van der Waals surface area contributed by atoms with Crippen LogP contribution in [-0.2, 0) is 6.42 Å². The number of carboxylic acid groups (broad SMARTS) is 1. The van der Waals surface area contributed by atoms with Gasteiger partial charge in [-0.05, 0) is 24.9 Å². The summed E-state index contributed by atoms with van der Waals surface area (Å²) in [7, 11) is 0. The lowest BCUT2D eigenvalue weighted by Crippen LogP contribution is -2.48. The number of amides is 1. The van der Waals surface area contributed by atoms with Crippen molar-refractivity contribution in [3.63, 3.8) is 0 Å². The second kappa shape index (κ2) is 10.2. The van der Waals surface area contributed by atoms with E-state index in [1.165, 1.54) is 0 Å². The van der Waals surface area contributed by atoms with Gasteiger partial charge in [0.2, 0.25) is 0 Å². The molecule has 21 heavy (non-hydrogen) atoms. The van der Waals surface area contributed by atoms with E-state index in [2.05, 4.69) is 17.6 Å². The molecule has 1 aromatic rings. The molecule has 0 fully saturated rings. The van der Waals surface area contributed by atoms with Gasteiger partial charge < -0.3 is 20.8 Å². The van der Waals surface area contributed by atoms with Crippen LogP contribution in [0.2, 0.25) is 0 Å². The summed E-state index contributed by atoms with van der Waals surface area (Å²) in [5.74, 6) is 0. The van der Waals surface area contributed by atoms with E-state index in [4.69, 9.17) is 5.11 Å². The fraction of sp³-hybridized carbons (Fsp3) is 0.562. The molecule has 5 heteroatoms. The monoisotopic (exact) mass is 294 g/mol. The quantitative estimate of drug-likeness (QED) is 0.498. The third-order valence-electron chi connectivity index (χ3n) is 3.38. The van der Waals surface area contributed by atoms with Crippen molar-refractivity contribution in [2.75, 3.05) is 13.1 Å². The van der Waals surface area contributed by atoms with Crippen LogP contribution in [0.15, 0.2) is 30.3 Å². The Morgan fingerprint density at radius 1 is 1.24 bits per heavy atom. The highest BCUT2D eigenvalue weighted by molar-refractivity contribution is 5.65. The van der Waals surface area contributed by atoms with Crippen LogP contribution in [0.4, 0.5) is 4.79 Å². The van der Waals surface area contributed by atoms with Crippen molar-refractivity contribution < 1.29 is 15.0 Å². The smallest absolute Gasteiger partial charge is 0.404 e. The Balaban J connectivity index is 2.46. The van der Waals surface area contributed by atoms with Crippen LogP contribution in [0.25, 0.3) is 0 Å². The summed E-state index contributed by atoms with van der Waals surface area (Å²) < 4.78 is 0. The minimum absolute atomic E-state index is 0.390. The number of carbonyl (C=O) groups is 1. The van der Waals surface area contributed by atoms with E-state index in [1.807, 2.05) is 30.3 Å². The van der Waals surface area contributed by atoms with Crippen molar-refractivity contribution in [2.24, 2.45) is 0 Å². The highest BCUT2D eigenvalue weighted by Crippen LogP contribution is 2.06. The molecule has 2 atom stereocenters. The summed E-state index contributed by atoms with van der Waals surface area (Å²) in [5, 5.41) is 24.7. The molecule has 0 saturated heterocycles. The molecular weight excluding hydrogens is 268 g/mol.